The number of fused-ring (bicyclic) bond motifs is 1. The average molecular weight is 269 g/mol. The second-order valence-electron chi connectivity index (χ2n) is 4.54. The van der Waals surface area contributed by atoms with Crippen molar-refractivity contribution >= 4 is 15.9 Å². The fourth-order valence-electron chi connectivity index (χ4n) is 2.49. The van der Waals surface area contributed by atoms with Crippen LogP contribution in [-0.4, -0.2) is 10.7 Å². The van der Waals surface area contributed by atoms with Gasteiger partial charge in [-0.1, -0.05) is 22.0 Å². The van der Waals surface area contributed by atoms with E-state index < -0.39 is 0 Å². The molecule has 1 N–H and O–H groups in total. The van der Waals surface area contributed by atoms with Crippen LogP contribution in [0.1, 0.15) is 37.4 Å². The highest BCUT2D eigenvalue weighted by Gasteiger charge is 2.45. The first kappa shape index (κ1) is 9.67. The van der Waals surface area contributed by atoms with E-state index in [9.17, 15) is 5.11 Å². The first-order valence-electron chi connectivity index (χ1n) is 5.35. The largest absolute Gasteiger partial charge is 0.487 e. The Hall–Kier alpha value is -0.540. The molecular formula is C12H13BrO2. The maximum atomic E-state index is 10.1. The zero-order chi connectivity index (χ0) is 10.5. The van der Waals surface area contributed by atoms with Crippen LogP contribution >= 0.6 is 15.9 Å². The van der Waals surface area contributed by atoms with Crippen molar-refractivity contribution in [2.24, 2.45) is 0 Å². The van der Waals surface area contributed by atoms with Gasteiger partial charge in [0.15, 0.2) is 0 Å². The lowest BCUT2D eigenvalue weighted by atomic mass is 9.73. The summed E-state index contributed by atoms with van der Waals surface area (Å²) in [6, 6.07) is 5.84. The molecule has 1 aromatic carbocycles. The van der Waals surface area contributed by atoms with Crippen LogP contribution in [0.2, 0.25) is 0 Å². The summed E-state index contributed by atoms with van der Waals surface area (Å²) >= 11 is 3.43. The van der Waals surface area contributed by atoms with Crippen LogP contribution in [0.5, 0.6) is 5.75 Å². The Morgan fingerprint density at radius 2 is 2.20 bits per heavy atom. The van der Waals surface area contributed by atoms with Gasteiger partial charge in [0.05, 0.1) is 6.10 Å². The number of rotatable bonds is 0. The standard InChI is InChI=1S/C12H13BrO2/c13-8-2-3-9-10(14)7-12(4-1-5-12)15-11(9)6-8/h2-3,6,10,14H,1,4-5,7H2/t10-/m0/s1. The number of ether oxygens (including phenoxy) is 1. The molecule has 1 heterocycles. The lowest BCUT2D eigenvalue weighted by Gasteiger charge is -2.46. The summed E-state index contributed by atoms with van der Waals surface area (Å²) < 4.78 is 7.02. The molecule has 0 unspecified atom stereocenters. The zero-order valence-electron chi connectivity index (χ0n) is 8.37. The zero-order valence-corrected chi connectivity index (χ0v) is 9.96. The van der Waals surface area contributed by atoms with Gasteiger partial charge < -0.3 is 9.84 Å². The third-order valence-electron chi connectivity index (χ3n) is 3.49. The van der Waals surface area contributed by atoms with Crippen molar-refractivity contribution < 1.29 is 9.84 Å². The lowest BCUT2D eigenvalue weighted by molar-refractivity contribution is -0.0663. The Balaban J connectivity index is 2.01. The first-order valence-corrected chi connectivity index (χ1v) is 6.14. The molecule has 0 saturated heterocycles. The van der Waals surface area contributed by atoms with E-state index in [0.29, 0.717) is 0 Å². The normalized spacial score (nSPS) is 26.7. The van der Waals surface area contributed by atoms with Crippen LogP contribution in [0.25, 0.3) is 0 Å². The Labute approximate surface area is 97.4 Å². The summed E-state index contributed by atoms with van der Waals surface area (Å²) in [7, 11) is 0. The van der Waals surface area contributed by atoms with Gasteiger partial charge in [-0.05, 0) is 31.4 Å². The third kappa shape index (κ3) is 1.49. The second kappa shape index (κ2) is 3.22. The van der Waals surface area contributed by atoms with Crippen molar-refractivity contribution in [1.29, 1.82) is 0 Å². The van der Waals surface area contributed by atoms with Crippen LogP contribution < -0.4 is 4.74 Å². The molecular weight excluding hydrogens is 256 g/mol. The maximum Gasteiger partial charge on any atom is 0.127 e. The molecule has 2 aliphatic rings. The van der Waals surface area contributed by atoms with Crippen molar-refractivity contribution in [3.63, 3.8) is 0 Å². The van der Waals surface area contributed by atoms with Crippen LogP contribution in [0, 0.1) is 0 Å². The predicted octanol–water partition coefficient (Wildman–Crippen LogP) is 3.19. The molecule has 1 spiro atoms. The SMILES string of the molecule is O[C@H]1CC2(CCC2)Oc2cc(Br)ccc21. The van der Waals surface area contributed by atoms with Crippen molar-refractivity contribution in [1.82, 2.24) is 0 Å². The van der Waals surface area contributed by atoms with Gasteiger partial charge in [0.25, 0.3) is 0 Å². The molecule has 0 radical (unpaired) electrons. The fourth-order valence-corrected chi connectivity index (χ4v) is 2.83. The summed E-state index contributed by atoms with van der Waals surface area (Å²) in [4.78, 5) is 0. The molecule has 0 amide bonds. The van der Waals surface area contributed by atoms with Crippen LogP contribution in [0.15, 0.2) is 22.7 Å². The fraction of sp³-hybridized carbons (Fsp3) is 0.500. The molecule has 15 heavy (non-hydrogen) atoms. The molecule has 1 fully saturated rings. The van der Waals surface area contributed by atoms with Gasteiger partial charge in [-0.25, -0.2) is 0 Å². The topological polar surface area (TPSA) is 29.5 Å². The van der Waals surface area contributed by atoms with E-state index in [2.05, 4.69) is 15.9 Å². The van der Waals surface area contributed by atoms with Gasteiger partial charge in [0, 0.05) is 16.5 Å². The molecule has 0 aromatic heterocycles. The Kier molecular flexibility index (Phi) is 2.08. The van der Waals surface area contributed by atoms with E-state index in [1.807, 2.05) is 18.2 Å². The van der Waals surface area contributed by atoms with Gasteiger partial charge in [-0.3, -0.25) is 0 Å². The van der Waals surface area contributed by atoms with E-state index in [-0.39, 0.29) is 11.7 Å². The molecule has 1 atom stereocenters. The molecule has 2 nitrogen and oxygen atoms in total. The average Bonchev–Trinajstić information content (AvgIpc) is 2.14. The minimum absolute atomic E-state index is 0.0623. The molecule has 1 saturated carbocycles. The van der Waals surface area contributed by atoms with Gasteiger partial charge in [-0.2, -0.15) is 0 Å². The third-order valence-corrected chi connectivity index (χ3v) is 3.98. The van der Waals surface area contributed by atoms with E-state index in [4.69, 9.17) is 4.74 Å². The van der Waals surface area contributed by atoms with Gasteiger partial charge in [0.1, 0.15) is 11.4 Å². The Bertz CT molecular complexity index is 399. The van der Waals surface area contributed by atoms with Crippen molar-refractivity contribution in [2.75, 3.05) is 0 Å². The minimum atomic E-state index is -0.359. The van der Waals surface area contributed by atoms with Gasteiger partial charge >= 0.3 is 0 Å². The summed E-state index contributed by atoms with van der Waals surface area (Å²) in [5.41, 5.74) is 0.864. The number of hydrogen-bond acceptors (Lipinski definition) is 2. The Morgan fingerprint density at radius 1 is 1.40 bits per heavy atom. The summed E-state index contributed by atoms with van der Waals surface area (Å²) in [6.45, 7) is 0. The number of halogens is 1. The van der Waals surface area contributed by atoms with Crippen molar-refractivity contribution in [2.45, 2.75) is 37.4 Å². The highest BCUT2D eigenvalue weighted by atomic mass is 79.9. The lowest BCUT2D eigenvalue weighted by Crippen LogP contribution is -2.46. The highest BCUT2D eigenvalue weighted by molar-refractivity contribution is 9.10. The molecule has 1 aliphatic carbocycles. The van der Waals surface area contributed by atoms with Crippen LogP contribution in [0.4, 0.5) is 0 Å². The number of aliphatic hydroxyl groups excluding tert-OH is 1. The maximum absolute atomic E-state index is 10.1. The van der Waals surface area contributed by atoms with Crippen molar-refractivity contribution in [3.8, 4) is 5.75 Å². The van der Waals surface area contributed by atoms with Crippen LogP contribution in [-0.2, 0) is 0 Å². The van der Waals surface area contributed by atoms with E-state index in [0.717, 1.165) is 35.0 Å². The number of aliphatic hydroxyl groups is 1. The molecule has 1 aliphatic heterocycles. The summed E-state index contributed by atoms with van der Waals surface area (Å²) in [5, 5.41) is 10.1. The van der Waals surface area contributed by atoms with E-state index >= 15 is 0 Å². The summed E-state index contributed by atoms with van der Waals surface area (Å²) in [6.07, 6.45) is 3.77. The Morgan fingerprint density at radius 3 is 2.87 bits per heavy atom. The smallest absolute Gasteiger partial charge is 0.127 e. The van der Waals surface area contributed by atoms with Gasteiger partial charge in [-0.15, -0.1) is 0 Å². The van der Waals surface area contributed by atoms with Gasteiger partial charge in [0.2, 0.25) is 0 Å². The number of hydrogen-bond donors (Lipinski definition) is 1. The highest BCUT2D eigenvalue weighted by Crippen LogP contribution is 2.49. The molecule has 3 rings (SSSR count). The number of benzene rings is 1. The monoisotopic (exact) mass is 268 g/mol. The second-order valence-corrected chi connectivity index (χ2v) is 5.46. The summed E-state index contributed by atoms with van der Waals surface area (Å²) in [5.74, 6) is 0.850. The molecule has 3 heteroatoms. The molecule has 80 valence electrons. The predicted molar refractivity (Wildman–Crippen MR) is 60.9 cm³/mol. The minimum Gasteiger partial charge on any atom is -0.487 e. The molecule has 1 aromatic rings. The quantitative estimate of drug-likeness (QED) is 0.783. The van der Waals surface area contributed by atoms with Crippen molar-refractivity contribution in [3.05, 3.63) is 28.2 Å². The first-order chi connectivity index (χ1) is 7.19. The van der Waals surface area contributed by atoms with E-state index in [1.165, 1.54) is 6.42 Å². The molecule has 0 bridgehead atoms. The van der Waals surface area contributed by atoms with Crippen LogP contribution in [0.3, 0.4) is 0 Å². The van der Waals surface area contributed by atoms with E-state index in [1.54, 1.807) is 0 Å².